The molecule has 0 aromatic heterocycles. The van der Waals surface area contributed by atoms with E-state index < -0.39 is 25.1 Å². The Balaban J connectivity index is 5.42. The number of nitrogens with zero attached hydrogens (tertiary/aromatic N) is 1. The normalized spacial score (nSPS) is 13.9. The van der Waals surface area contributed by atoms with Gasteiger partial charge in [-0.25, -0.2) is 5.87 Å². The third-order valence-electron chi connectivity index (χ3n) is 3.88. The Morgan fingerprint density at radius 3 is 1.88 bits per heavy atom. The van der Waals surface area contributed by atoms with Gasteiger partial charge >= 0.3 is 0 Å². The minimum atomic E-state index is -0.915. The maximum Gasteiger partial charge on any atom is 0.295 e. The van der Waals surface area contributed by atoms with E-state index in [-0.39, 0.29) is 4.75 Å². The van der Waals surface area contributed by atoms with Crippen molar-refractivity contribution < 1.29 is 9.92 Å². The smallest absolute Gasteiger partial charge is 0.295 e. The van der Waals surface area contributed by atoms with Gasteiger partial charge in [0.15, 0.2) is 0 Å². The van der Waals surface area contributed by atoms with Crippen molar-refractivity contribution in [3.8, 4) is 0 Å². The van der Waals surface area contributed by atoms with Gasteiger partial charge in [-0.2, -0.15) is 0 Å². The van der Waals surface area contributed by atoms with Crippen molar-refractivity contribution in [2.24, 2.45) is 5.41 Å². The molecular formula is C10H20NO3S2-. The summed E-state index contributed by atoms with van der Waals surface area (Å²) in [5.41, 5.74) is -1.39. The number of hydrogen-bond donors (Lipinski definition) is 0. The van der Waals surface area contributed by atoms with E-state index in [4.69, 9.17) is 16.0 Å². The molecule has 0 aliphatic carbocycles. The summed E-state index contributed by atoms with van der Waals surface area (Å²) in [5.74, 6) is 3.89. The van der Waals surface area contributed by atoms with Crippen LogP contribution in [0.3, 0.4) is 0 Å². The fourth-order valence-corrected chi connectivity index (χ4v) is 2.75. The highest BCUT2D eigenvalue weighted by atomic mass is 32.8. The van der Waals surface area contributed by atoms with Gasteiger partial charge in [0, 0.05) is 0 Å². The van der Waals surface area contributed by atoms with Crippen molar-refractivity contribution in [2.45, 2.75) is 51.9 Å². The second kappa shape index (κ2) is 4.49. The Morgan fingerprint density at radius 1 is 1.25 bits per heavy atom. The first-order valence-electron chi connectivity index (χ1n) is 4.91. The lowest BCUT2D eigenvalue weighted by Crippen LogP contribution is -2.55. The molecule has 0 rings (SSSR count). The van der Waals surface area contributed by atoms with Gasteiger partial charge in [0.1, 0.15) is 5.60 Å². The monoisotopic (exact) mass is 266 g/mol. The molecule has 0 N–H and O–H groups in total. The van der Waals surface area contributed by atoms with E-state index in [1.807, 2.05) is 27.7 Å². The van der Waals surface area contributed by atoms with Crippen molar-refractivity contribution >= 4 is 26.1 Å². The van der Waals surface area contributed by atoms with Gasteiger partial charge in [0.2, 0.25) is 0 Å². The summed E-state index contributed by atoms with van der Waals surface area (Å²) in [6, 6.07) is 0. The van der Waals surface area contributed by atoms with Gasteiger partial charge in [-0.1, -0.05) is 27.7 Å². The van der Waals surface area contributed by atoms with Crippen LogP contribution in [0.25, 0.3) is 0 Å². The molecule has 16 heavy (non-hydrogen) atoms. The van der Waals surface area contributed by atoms with Crippen LogP contribution < -0.4 is 0 Å². The summed E-state index contributed by atoms with van der Waals surface area (Å²) in [4.78, 5) is 15.3. The summed E-state index contributed by atoms with van der Waals surface area (Å²) in [6.45, 7) is 11.2. The Labute approximate surface area is 104 Å². The lowest BCUT2D eigenvalue weighted by molar-refractivity contribution is -0.784. The third-order valence-corrected chi connectivity index (χ3v) is 6.78. The van der Waals surface area contributed by atoms with Crippen molar-refractivity contribution in [3.63, 3.8) is 0 Å². The van der Waals surface area contributed by atoms with Crippen LogP contribution in [0.5, 0.6) is 0 Å². The van der Waals surface area contributed by atoms with Crippen LogP contribution in [0.1, 0.15) is 41.5 Å². The Morgan fingerprint density at radius 2 is 1.62 bits per heavy atom. The van der Waals surface area contributed by atoms with Gasteiger partial charge in [0.25, 0.3) is 5.09 Å². The van der Waals surface area contributed by atoms with Crippen LogP contribution in [0.2, 0.25) is 0 Å². The second-order valence-corrected chi connectivity index (χ2v) is 8.22. The molecule has 4 nitrogen and oxygen atoms in total. The maximum absolute atomic E-state index is 10.5. The zero-order chi connectivity index (χ0) is 13.4. The molecule has 0 aliphatic rings. The predicted octanol–water partition coefficient (Wildman–Crippen LogP) is 2.29. The highest BCUT2D eigenvalue weighted by Gasteiger charge is 2.46. The SMILES string of the molecule is C=[S-](=S)C(C)(C)C(C)(C)C(C)(C)O[N+](=O)[O-]. The summed E-state index contributed by atoms with van der Waals surface area (Å²) in [5, 5.41) is 9.75. The lowest BCUT2D eigenvalue weighted by Gasteiger charge is -2.54. The summed E-state index contributed by atoms with van der Waals surface area (Å²) in [6.07, 6.45) is 0. The quantitative estimate of drug-likeness (QED) is 0.331. The maximum atomic E-state index is 10.5. The minimum absolute atomic E-state index is 0.332. The molecule has 0 aromatic rings. The van der Waals surface area contributed by atoms with E-state index in [9.17, 15) is 10.1 Å². The standard InChI is InChI=1S/C10H20NO3S2/c1-8(2,10(5,6)16(7)15)9(3,4)14-11(12)13/h7H2,1-6H3/q-1. The first-order chi connectivity index (χ1) is 6.86. The summed E-state index contributed by atoms with van der Waals surface area (Å²) >= 11 is 5.24. The highest BCUT2D eigenvalue weighted by Crippen LogP contribution is 2.44. The van der Waals surface area contributed by atoms with Crippen molar-refractivity contribution in [3.05, 3.63) is 10.1 Å². The van der Waals surface area contributed by atoms with E-state index in [2.05, 4.69) is 5.87 Å². The third kappa shape index (κ3) is 2.66. The van der Waals surface area contributed by atoms with E-state index in [0.29, 0.717) is 0 Å². The van der Waals surface area contributed by atoms with Gasteiger partial charge < -0.3 is 13.9 Å². The van der Waals surface area contributed by atoms with E-state index in [1.54, 1.807) is 13.8 Å². The molecule has 0 aromatic carbocycles. The Kier molecular flexibility index (Phi) is 4.39. The molecule has 0 atom stereocenters. The molecule has 0 saturated carbocycles. The van der Waals surface area contributed by atoms with Crippen LogP contribution in [0, 0.1) is 15.5 Å². The van der Waals surface area contributed by atoms with Crippen molar-refractivity contribution in [2.75, 3.05) is 0 Å². The lowest BCUT2D eigenvalue weighted by atomic mass is 9.68. The first kappa shape index (κ1) is 15.6. The summed E-state index contributed by atoms with van der Waals surface area (Å²) in [7, 11) is -0.526. The van der Waals surface area contributed by atoms with Crippen molar-refractivity contribution in [1.82, 2.24) is 0 Å². The fourth-order valence-electron chi connectivity index (χ4n) is 1.31. The zero-order valence-corrected chi connectivity index (χ0v) is 12.3. The number of rotatable bonds is 5. The van der Waals surface area contributed by atoms with Crippen LogP contribution >= 0.6 is 0 Å². The van der Waals surface area contributed by atoms with Crippen LogP contribution in [-0.2, 0) is 25.1 Å². The minimum Gasteiger partial charge on any atom is -0.410 e. The molecule has 0 heterocycles. The Hall–Kier alpha value is -0.360. The molecule has 0 unspecified atom stereocenters. The predicted molar refractivity (Wildman–Crippen MR) is 71.9 cm³/mol. The molecule has 0 saturated heterocycles. The summed E-state index contributed by atoms with van der Waals surface area (Å²) < 4.78 is -0.332. The van der Waals surface area contributed by atoms with Gasteiger partial charge in [-0.3, -0.25) is 11.2 Å². The highest BCUT2D eigenvalue weighted by molar-refractivity contribution is 8.27. The average Bonchev–Trinajstić information content (AvgIpc) is 2.00. The molecule has 0 aliphatic heterocycles. The molecule has 6 heteroatoms. The van der Waals surface area contributed by atoms with Crippen LogP contribution in [0.4, 0.5) is 0 Å². The Bertz CT molecular complexity index is 349. The zero-order valence-electron chi connectivity index (χ0n) is 10.7. The van der Waals surface area contributed by atoms with Crippen LogP contribution in [-0.4, -0.2) is 21.3 Å². The molecule has 96 valence electrons. The van der Waals surface area contributed by atoms with E-state index in [1.165, 1.54) is 0 Å². The largest absolute Gasteiger partial charge is 0.410 e. The van der Waals surface area contributed by atoms with E-state index >= 15 is 0 Å². The topological polar surface area (TPSA) is 52.4 Å². The average molecular weight is 266 g/mol. The van der Waals surface area contributed by atoms with Gasteiger partial charge in [0.05, 0.1) is 0 Å². The molecule has 0 radical (unpaired) electrons. The number of hydrogen-bond acceptors (Lipinski definition) is 5. The first-order valence-corrected chi connectivity index (χ1v) is 7.23. The second-order valence-electron chi connectivity index (χ2n) is 5.31. The van der Waals surface area contributed by atoms with Gasteiger partial charge in [-0.05, 0) is 19.3 Å². The van der Waals surface area contributed by atoms with Gasteiger partial charge in [-0.15, -0.1) is 14.9 Å². The molecule has 0 spiro atoms. The fraction of sp³-hybridized carbons (Fsp3) is 0.900. The molecule has 0 bridgehead atoms. The molecular weight excluding hydrogens is 246 g/mol. The van der Waals surface area contributed by atoms with E-state index in [0.717, 1.165) is 0 Å². The molecule has 0 fully saturated rings. The van der Waals surface area contributed by atoms with Crippen molar-refractivity contribution in [1.29, 1.82) is 0 Å². The molecule has 0 amide bonds. The van der Waals surface area contributed by atoms with Crippen LogP contribution in [0.15, 0.2) is 0 Å².